The van der Waals surface area contributed by atoms with Gasteiger partial charge in [-0.1, -0.05) is 12.1 Å². The number of carbonyl (C=O) groups is 1. The molecule has 1 fully saturated rings. The lowest BCUT2D eigenvalue weighted by Gasteiger charge is -2.09. The van der Waals surface area contributed by atoms with Crippen LogP contribution < -0.4 is 10.5 Å². The molecular formula is C13H13N3O4. The molecule has 2 aliphatic rings. The van der Waals surface area contributed by atoms with E-state index in [4.69, 9.17) is 9.57 Å². The number of hydrogen-bond acceptors (Lipinski definition) is 4. The summed E-state index contributed by atoms with van der Waals surface area (Å²) in [6.45, 7) is 0. The molecule has 0 spiro atoms. The molecular weight excluding hydrogens is 262 g/mol. The van der Waals surface area contributed by atoms with Crippen LogP contribution in [0.15, 0.2) is 23.0 Å². The highest BCUT2D eigenvalue weighted by Gasteiger charge is 2.57. The number of fused-ring (bicyclic) bond motifs is 2. The Morgan fingerprint density at radius 3 is 2.85 bits per heavy atom. The van der Waals surface area contributed by atoms with Crippen LogP contribution in [-0.4, -0.2) is 40.6 Å². The molecule has 0 aliphatic carbocycles. The van der Waals surface area contributed by atoms with Gasteiger partial charge in [-0.2, -0.15) is 0 Å². The molecule has 0 N–H and O–H groups in total. The molecule has 20 heavy (non-hydrogen) atoms. The first-order chi connectivity index (χ1) is 9.69. The van der Waals surface area contributed by atoms with E-state index >= 15 is 0 Å². The summed E-state index contributed by atoms with van der Waals surface area (Å²) in [7, 11) is 2.80. The molecule has 1 aromatic heterocycles. The fourth-order valence-corrected chi connectivity index (χ4v) is 3.24. The third-order valence-electron chi connectivity index (χ3n) is 4.10. The first-order valence-corrected chi connectivity index (χ1v) is 6.34. The molecule has 0 radical (unpaired) electrons. The van der Waals surface area contributed by atoms with Crippen LogP contribution in [0.4, 0.5) is 4.79 Å². The van der Waals surface area contributed by atoms with Crippen molar-refractivity contribution in [3.8, 4) is 0 Å². The summed E-state index contributed by atoms with van der Waals surface area (Å²) in [5.41, 5.74) is 2.34. The summed E-state index contributed by atoms with van der Waals surface area (Å²) < 4.78 is 7.65. The number of rotatable bonds is 1. The lowest BCUT2D eigenvalue weighted by molar-refractivity contribution is 0.146. The molecule has 2 unspecified atom stereocenters. The van der Waals surface area contributed by atoms with E-state index in [1.165, 1.54) is 19.0 Å². The van der Waals surface area contributed by atoms with Gasteiger partial charge in [0.2, 0.25) is 0 Å². The van der Waals surface area contributed by atoms with E-state index in [1.807, 2.05) is 18.2 Å². The number of benzene rings is 1. The first-order valence-electron chi connectivity index (χ1n) is 6.34. The minimum Gasteiger partial charge on any atom is -0.453 e. The molecule has 2 aromatic rings. The fourth-order valence-electron chi connectivity index (χ4n) is 3.24. The van der Waals surface area contributed by atoms with Crippen LogP contribution in [0.3, 0.4) is 0 Å². The van der Waals surface area contributed by atoms with Gasteiger partial charge in [0.15, 0.2) is 0 Å². The van der Waals surface area contributed by atoms with Crippen LogP contribution in [0, 0.1) is 0 Å². The highest BCUT2D eigenvalue weighted by atomic mass is 16.7. The summed E-state index contributed by atoms with van der Waals surface area (Å²) in [4.78, 5) is 30.9. The van der Waals surface area contributed by atoms with E-state index < -0.39 is 6.09 Å². The number of amides is 1. The molecule has 7 heteroatoms. The molecule has 0 bridgehead atoms. The second-order valence-electron chi connectivity index (χ2n) is 4.98. The summed E-state index contributed by atoms with van der Waals surface area (Å²) in [5, 5.41) is 0. The normalized spacial score (nSPS) is 22.6. The maximum absolute atomic E-state index is 12.5. The van der Waals surface area contributed by atoms with Crippen molar-refractivity contribution in [1.82, 2.24) is 14.2 Å². The average molecular weight is 275 g/mol. The Kier molecular flexibility index (Phi) is 2.03. The summed E-state index contributed by atoms with van der Waals surface area (Å²) in [5.74, 6) is 0. The molecule has 2 atom stereocenters. The van der Waals surface area contributed by atoms with Gasteiger partial charge in [-0.05, 0) is 18.1 Å². The monoisotopic (exact) mass is 275 g/mol. The lowest BCUT2D eigenvalue weighted by atomic mass is 10.0. The molecule has 0 saturated carbocycles. The summed E-state index contributed by atoms with van der Waals surface area (Å²) in [6.07, 6.45) is 0.0614. The molecule has 1 amide bonds. The number of nitrogens with zero attached hydrogens (tertiary/aromatic N) is 3. The van der Waals surface area contributed by atoms with Gasteiger partial charge in [-0.25, -0.2) is 9.59 Å². The van der Waals surface area contributed by atoms with Gasteiger partial charge in [0.25, 0.3) is 0 Å². The zero-order valence-electron chi connectivity index (χ0n) is 11.1. The molecule has 3 heterocycles. The van der Waals surface area contributed by atoms with Crippen LogP contribution in [0.25, 0.3) is 11.0 Å². The highest BCUT2D eigenvalue weighted by Crippen LogP contribution is 2.46. The Balaban J connectivity index is 1.98. The van der Waals surface area contributed by atoms with Gasteiger partial charge in [0, 0.05) is 0 Å². The van der Waals surface area contributed by atoms with Gasteiger partial charge in [0.1, 0.15) is 18.8 Å². The van der Waals surface area contributed by atoms with Crippen LogP contribution in [-0.2, 0) is 11.2 Å². The van der Waals surface area contributed by atoms with E-state index in [1.54, 1.807) is 9.47 Å². The molecule has 1 aromatic carbocycles. The van der Waals surface area contributed by atoms with Crippen molar-refractivity contribution >= 4 is 17.1 Å². The second-order valence-corrected chi connectivity index (χ2v) is 4.98. The number of imidazole rings is 1. The Hall–Kier alpha value is -2.44. The Bertz CT molecular complexity index is 791. The van der Waals surface area contributed by atoms with Crippen LogP contribution in [0.2, 0.25) is 0 Å². The van der Waals surface area contributed by atoms with Crippen molar-refractivity contribution in [1.29, 1.82) is 0 Å². The SMILES string of the molecule is COC(=O)N1C2Cc3cccc4c3n(c(=O)n4OC)C21. The van der Waals surface area contributed by atoms with Crippen LogP contribution in [0.5, 0.6) is 0 Å². The third-order valence-corrected chi connectivity index (χ3v) is 4.10. The van der Waals surface area contributed by atoms with Crippen molar-refractivity contribution in [3.63, 3.8) is 0 Å². The van der Waals surface area contributed by atoms with Gasteiger partial charge in [-0.3, -0.25) is 9.47 Å². The molecule has 1 saturated heterocycles. The largest absolute Gasteiger partial charge is 0.453 e. The number of aromatic nitrogens is 2. The number of methoxy groups -OCH3 is 1. The van der Waals surface area contributed by atoms with Gasteiger partial charge >= 0.3 is 11.8 Å². The van der Waals surface area contributed by atoms with E-state index in [0.29, 0.717) is 0 Å². The molecule has 7 nitrogen and oxygen atoms in total. The van der Waals surface area contributed by atoms with Crippen molar-refractivity contribution in [3.05, 3.63) is 34.2 Å². The number of carbonyl (C=O) groups excluding carboxylic acids is 1. The van der Waals surface area contributed by atoms with E-state index in [2.05, 4.69) is 0 Å². The number of para-hydroxylation sites is 1. The van der Waals surface area contributed by atoms with Crippen molar-refractivity contribution in [2.75, 3.05) is 14.2 Å². The van der Waals surface area contributed by atoms with E-state index in [-0.39, 0.29) is 17.9 Å². The molecule has 2 aliphatic heterocycles. The smallest absolute Gasteiger partial charge is 0.411 e. The number of hydrogen-bond donors (Lipinski definition) is 0. The first kappa shape index (κ1) is 11.4. The van der Waals surface area contributed by atoms with Gasteiger partial charge in [0.05, 0.1) is 18.7 Å². The highest BCUT2D eigenvalue weighted by molar-refractivity contribution is 5.82. The lowest BCUT2D eigenvalue weighted by Crippen LogP contribution is -2.29. The zero-order chi connectivity index (χ0) is 14.0. The van der Waals surface area contributed by atoms with Crippen LogP contribution in [0.1, 0.15) is 11.7 Å². The van der Waals surface area contributed by atoms with Gasteiger partial charge in [-0.15, -0.1) is 4.73 Å². The standard InChI is InChI=1S/C13H13N3O4/c1-19-13(18)14-9-6-7-4-3-5-8-10(7)15(11(9)14)12(17)16(8)20-2/h3-5,9,11H,6H2,1-2H3. The van der Waals surface area contributed by atoms with Gasteiger partial charge < -0.3 is 9.57 Å². The Labute approximate surface area is 113 Å². The van der Waals surface area contributed by atoms with Crippen molar-refractivity contribution < 1.29 is 14.4 Å². The average Bonchev–Trinajstić information content (AvgIpc) is 3.10. The minimum absolute atomic E-state index is 0.00837. The minimum atomic E-state index is -0.405. The molecule has 104 valence electrons. The number of ether oxygens (including phenoxy) is 1. The Morgan fingerprint density at radius 1 is 1.35 bits per heavy atom. The zero-order valence-corrected chi connectivity index (χ0v) is 11.1. The summed E-state index contributed by atoms with van der Waals surface area (Å²) in [6, 6.07) is 5.70. The Morgan fingerprint density at radius 2 is 2.15 bits per heavy atom. The quantitative estimate of drug-likeness (QED) is 0.705. The topological polar surface area (TPSA) is 65.5 Å². The van der Waals surface area contributed by atoms with Crippen LogP contribution >= 0.6 is 0 Å². The predicted molar refractivity (Wildman–Crippen MR) is 69.5 cm³/mol. The maximum atomic E-state index is 12.5. The fraction of sp³-hybridized carbons (Fsp3) is 0.385. The van der Waals surface area contributed by atoms with Crippen molar-refractivity contribution in [2.24, 2.45) is 0 Å². The van der Waals surface area contributed by atoms with E-state index in [0.717, 1.165) is 23.0 Å². The van der Waals surface area contributed by atoms with E-state index in [9.17, 15) is 9.59 Å². The summed E-state index contributed by atoms with van der Waals surface area (Å²) >= 11 is 0. The predicted octanol–water partition coefficient (Wildman–Crippen LogP) is 0.367. The third kappa shape index (κ3) is 1.15. The van der Waals surface area contributed by atoms with Crippen molar-refractivity contribution in [2.45, 2.75) is 18.6 Å². The maximum Gasteiger partial charge on any atom is 0.411 e. The molecule has 4 rings (SSSR count). The second kappa shape index (κ2) is 3.56.